The fourth-order valence-electron chi connectivity index (χ4n) is 2.37. The topological polar surface area (TPSA) is 20.3 Å². The zero-order valence-electron chi connectivity index (χ0n) is 12.9. The van der Waals surface area contributed by atoms with E-state index in [1.807, 2.05) is 73.7 Å². The molecule has 5 heteroatoms. The second-order valence-corrected chi connectivity index (χ2v) is 7.83. The van der Waals surface area contributed by atoms with Crippen molar-refractivity contribution in [3.05, 3.63) is 81.2 Å². The summed E-state index contributed by atoms with van der Waals surface area (Å²) in [5.74, 6) is -0.0855. The lowest BCUT2D eigenvalue weighted by Crippen LogP contribution is -2.28. The van der Waals surface area contributed by atoms with E-state index in [4.69, 9.17) is 12.2 Å². The van der Waals surface area contributed by atoms with Crippen LogP contribution in [0.1, 0.15) is 11.1 Å². The summed E-state index contributed by atoms with van der Waals surface area (Å²) in [4.78, 5) is 15.0. The lowest BCUT2D eigenvalue weighted by atomic mass is 10.2. The Hall–Kier alpha value is -1.69. The molecule has 0 N–H and O–H groups in total. The first kappa shape index (κ1) is 17.1. The molecule has 2 aromatic carbocycles. The van der Waals surface area contributed by atoms with Gasteiger partial charge in [0.1, 0.15) is 0 Å². The SMILES string of the molecule is Cc1ccccc1N1C(=O)/C(=C/C(Br)=C/c2ccccc2)SC1=S. The van der Waals surface area contributed by atoms with Crippen molar-refractivity contribution in [3.63, 3.8) is 0 Å². The van der Waals surface area contributed by atoms with Gasteiger partial charge in [-0.05, 0) is 36.3 Å². The molecular formula is C19H14BrNOS2. The lowest BCUT2D eigenvalue weighted by Gasteiger charge is -2.16. The maximum Gasteiger partial charge on any atom is 0.270 e. The van der Waals surface area contributed by atoms with Crippen LogP contribution in [0, 0.1) is 6.92 Å². The summed E-state index contributed by atoms with van der Waals surface area (Å²) >= 11 is 10.3. The number of amides is 1. The number of benzene rings is 2. The highest BCUT2D eigenvalue weighted by atomic mass is 79.9. The van der Waals surface area contributed by atoms with Crippen LogP contribution in [0.25, 0.3) is 6.08 Å². The number of para-hydroxylation sites is 1. The van der Waals surface area contributed by atoms with E-state index in [9.17, 15) is 4.79 Å². The van der Waals surface area contributed by atoms with Crippen molar-refractivity contribution < 1.29 is 4.79 Å². The minimum absolute atomic E-state index is 0.0855. The second-order valence-electron chi connectivity index (χ2n) is 5.24. The Morgan fingerprint density at radius 1 is 1.12 bits per heavy atom. The number of hydrogen-bond donors (Lipinski definition) is 0. The van der Waals surface area contributed by atoms with Crippen LogP contribution in [0.4, 0.5) is 5.69 Å². The molecule has 1 fully saturated rings. The Labute approximate surface area is 159 Å². The molecule has 120 valence electrons. The summed E-state index contributed by atoms with van der Waals surface area (Å²) in [6.45, 7) is 1.98. The number of aryl methyl sites for hydroxylation is 1. The molecule has 3 rings (SSSR count). The van der Waals surface area contributed by atoms with E-state index in [0.29, 0.717) is 9.23 Å². The number of nitrogens with zero attached hydrogens (tertiary/aromatic N) is 1. The zero-order chi connectivity index (χ0) is 17.1. The Balaban J connectivity index is 1.89. The molecule has 0 saturated carbocycles. The van der Waals surface area contributed by atoms with Gasteiger partial charge in [-0.15, -0.1) is 0 Å². The van der Waals surface area contributed by atoms with Gasteiger partial charge >= 0.3 is 0 Å². The summed E-state index contributed by atoms with van der Waals surface area (Å²) in [5.41, 5.74) is 2.93. The van der Waals surface area contributed by atoms with Crippen molar-refractivity contribution in [2.24, 2.45) is 0 Å². The third-order valence-corrected chi connectivity index (χ3v) is 5.28. The number of carbonyl (C=O) groups is 1. The minimum atomic E-state index is -0.0855. The second kappa shape index (κ2) is 7.47. The first-order valence-electron chi connectivity index (χ1n) is 7.32. The molecule has 2 nitrogen and oxygen atoms in total. The van der Waals surface area contributed by atoms with Crippen molar-refractivity contribution in [1.82, 2.24) is 0 Å². The van der Waals surface area contributed by atoms with E-state index < -0.39 is 0 Å². The van der Waals surface area contributed by atoms with Crippen LogP contribution < -0.4 is 4.90 Å². The number of anilines is 1. The van der Waals surface area contributed by atoms with Gasteiger partial charge in [-0.25, -0.2) is 0 Å². The normalized spacial score (nSPS) is 17.0. The summed E-state index contributed by atoms with van der Waals surface area (Å²) in [6.07, 6.45) is 3.80. The van der Waals surface area contributed by atoms with Gasteiger partial charge in [0.25, 0.3) is 5.91 Å². The van der Waals surface area contributed by atoms with E-state index >= 15 is 0 Å². The molecule has 1 saturated heterocycles. The first-order valence-corrected chi connectivity index (χ1v) is 9.34. The van der Waals surface area contributed by atoms with Gasteiger partial charge in [-0.1, -0.05) is 88.4 Å². The van der Waals surface area contributed by atoms with Crippen LogP contribution in [-0.4, -0.2) is 10.2 Å². The van der Waals surface area contributed by atoms with Crippen molar-refractivity contribution in [1.29, 1.82) is 0 Å². The zero-order valence-corrected chi connectivity index (χ0v) is 16.1. The number of carbonyl (C=O) groups excluding carboxylic acids is 1. The molecule has 1 amide bonds. The molecule has 1 aliphatic heterocycles. The molecular weight excluding hydrogens is 402 g/mol. The van der Waals surface area contributed by atoms with Crippen LogP contribution >= 0.6 is 39.9 Å². The summed E-state index contributed by atoms with van der Waals surface area (Å²) < 4.78 is 1.39. The van der Waals surface area contributed by atoms with Crippen molar-refractivity contribution >= 4 is 61.9 Å². The molecule has 0 unspecified atom stereocenters. The number of rotatable bonds is 3. The van der Waals surface area contributed by atoms with Gasteiger partial charge in [0.15, 0.2) is 4.32 Å². The summed E-state index contributed by atoms with van der Waals surface area (Å²) in [7, 11) is 0. The molecule has 0 spiro atoms. The number of hydrogen-bond acceptors (Lipinski definition) is 3. The number of allylic oxidation sites excluding steroid dienone is 2. The Morgan fingerprint density at radius 3 is 2.50 bits per heavy atom. The van der Waals surface area contributed by atoms with Gasteiger partial charge in [-0.2, -0.15) is 0 Å². The van der Waals surface area contributed by atoms with Gasteiger partial charge in [0, 0.05) is 4.48 Å². The molecule has 0 radical (unpaired) electrons. The Kier molecular flexibility index (Phi) is 5.33. The summed E-state index contributed by atoms with van der Waals surface area (Å²) in [5, 5.41) is 0. The molecule has 0 atom stereocenters. The van der Waals surface area contributed by atoms with E-state index in [2.05, 4.69) is 15.9 Å². The average molecular weight is 416 g/mol. The highest BCUT2D eigenvalue weighted by molar-refractivity contribution is 9.12. The first-order chi connectivity index (χ1) is 11.6. The van der Waals surface area contributed by atoms with Crippen LogP contribution in [0.15, 0.2) is 70.1 Å². The van der Waals surface area contributed by atoms with E-state index in [1.54, 1.807) is 4.90 Å². The highest BCUT2D eigenvalue weighted by Gasteiger charge is 2.33. The number of thiocarbonyl (C=S) groups is 1. The third-order valence-electron chi connectivity index (χ3n) is 3.52. The van der Waals surface area contributed by atoms with E-state index in [-0.39, 0.29) is 5.91 Å². The smallest absolute Gasteiger partial charge is 0.268 e. The third kappa shape index (κ3) is 3.69. The molecule has 0 aliphatic carbocycles. The molecule has 0 aromatic heterocycles. The fourth-order valence-corrected chi connectivity index (χ4v) is 4.29. The molecule has 0 bridgehead atoms. The van der Waals surface area contributed by atoms with Crippen molar-refractivity contribution in [3.8, 4) is 0 Å². The van der Waals surface area contributed by atoms with Gasteiger partial charge < -0.3 is 0 Å². The van der Waals surface area contributed by atoms with Crippen molar-refractivity contribution in [2.75, 3.05) is 4.90 Å². The number of halogens is 1. The molecule has 1 heterocycles. The predicted molar refractivity (Wildman–Crippen MR) is 110 cm³/mol. The average Bonchev–Trinajstić information content (AvgIpc) is 2.83. The van der Waals surface area contributed by atoms with Crippen LogP contribution in [0.5, 0.6) is 0 Å². The fraction of sp³-hybridized carbons (Fsp3) is 0.0526. The van der Waals surface area contributed by atoms with Crippen LogP contribution in [0.2, 0.25) is 0 Å². The predicted octanol–water partition coefficient (Wildman–Crippen LogP) is 5.68. The van der Waals surface area contributed by atoms with Crippen LogP contribution in [-0.2, 0) is 4.79 Å². The van der Waals surface area contributed by atoms with Gasteiger partial charge in [-0.3, -0.25) is 9.69 Å². The monoisotopic (exact) mass is 415 g/mol. The Morgan fingerprint density at radius 2 is 1.79 bits per heavy atom. The van der Waals surface area contributed by atoms with Crippen molar-refractivity contribution in [2.45, 2.75) is 6.92 Å². The standard InChI is InChI=1S/C19H14BrNOS2/c1-13-7-5-6-10-16(13)21-18(22)17(24-19(21)23)12-15(20)11-14-8-3-2-4-9-14/h2-12H,1H3/b15-11-,17-12-. The molecule has 1 aliphatic rings. The van der Waals surface area contributed by atoms with Crippen LogP contribution in [0.3, 0.4) is 0 Å². The minimum Gasteiger partial charge on any atom is -0.268 e. The number of thioether (sulfide) groups is 1. The largest absolute Gasteiger partial charge is 0.270 e. The molecule has 2 aromatic rings. The maximum absolute atomic E-state index is 12.8. The van der Waals surface area contributed by atoms with Gasteiger partial charge in [0.2, 0.25) is 0 Å². The quantitative estimate of drug-likeness (QED) is 0.474. The summed E-state index contributed by atoms with van der Waals surface area (Å²) in [6, 6.07) is 17.7. The molecule has 24 heavy (non-hydrogen) atoms. The highest BCUT2D eigenvalue weighted by Crippen LogP contribution is 2.37. The lowest BCUT2D eigenvalue weighted by molar-refractivity contribution is -0.113. The maximum atomic E-state index is 12.8. The van der Waals surface area contributed by atoms with Gasteiger partial charge in [0.05, 0.1) is 10.6 Å². The Bertz CT molecular complexity index is 859. The van der Waals surface area contributed by atoms with E-state index in [0.717, 1.165) is 21.3 Å². The van der Waals surface area contributed by atoms with E-state index in [1.165, 1.54) is 11.8 Å².